The van der Waals surface area contributed by atoms with Gasteiger partial charge in [-0.3, -0.25) is 4.79 Å². The molecule has 1 N–H and O–H groups in total. The fourth-order valence-electron chi connectivity index (χ4n) is 2.63. The van der Waals surface area contributed by atoms with Crippen molar-refractivity contribution in [1.29, 1.82) is 0 Å². The number of aromatic nitrogens is 3. The lowest BCUT2D eigenvalue weighted by Gasteiger charge is -2.15. The molecule has 6 nitrogen and oxygen atoms in total. The number of nitrogens with zero attached hydrogens (tertiary/aromatic N) is 4. The number of hydrogen-bond acceptors (Lipinski definition) is 5. The molecule has 1 saturated carbocycles. The van der Waals surface area contributed by atoms with Crippen molar-refractivity contribution >= 4 is 29.0 Å². The van der Waals surface area contributed by atoms with E-state index < -0.39 is 0 Å². The minimum absolute atomic E-state index is 0.0475. The first kappa shape index (κ1) is 18.5. The van der Waals surface area contributed by atoms with Gasteiger partial charge in [0.2, 0.25) is 5.91 Å². The quantitative estimate of drug-likeness (QED) is 0.568. The molecule has 1 unspecified atom stereocenters. The SMILES string of the molecule is C=CCn1c(SC(C)C(=O)Nc2ccc(N(C)C)cc2)nnc1C1CC1. The zero-order valence-corrected chi connectivity index (χ0v) is 16.3. The van der Waals surface area contributed by atoms with Crippen LogP contribution in [0.5, 0.6) is 0 Å². The highest BCUT2D eigenvalue weighted by atomic mass is 32.2. The lowest BCUT2D eigenvalue weighted by atomic mass is 10.2. The monoisotopic (exact) mass is 371 g/mol. The second-order valence-corrected chi connectivity index (χ2v) is 8.01. The van der Waals surface area contributed by atoms with Gasteiger partial charge in [-0.05, 0) is 44.0 Å². The Morgan fingerprint density at radius 2 is 2.08 bits per heavy atom. The average Bonchev–Trinajstić information content (AvgIpc) is 3.39. The highest BCUT2D eigenvalue weighted by Gasteiger charge is 2.30. The van der Waals surface area contributed by atoms with E-state index in [-0.39, 0.29) is 11.2 Å². The van der Waals surface area contributed by atoms with Crippen molar-refractivity contribution in [3.8, 4) is 0 Å². The fraction of sp³-hybridized carbons (Fsp3) is 0.421. The third kappa shape index (κ3) is 4.27. The number of allylic oxidation sites excluding steroid dienone is 1. The molecule has 0 radical (unpaired) electrons. The molecule has 0 aliphatic heterocycles. The Hall–Kier alpha value is -2.28. The van der Waals surface area contributed by atoms with Crippen molar-refractivity contribution in [3.05, 3.63) is 42.7 Å². The molecule has 1 atom stereocenters. The number of amides is 1. The summed E-state index contributed by atoms with van der Waals surface area (Å²) >= 11 is 1.43. The maximum atomic E-state index is 12.5. The molecule has 1 aliphatic carbocycles. The van der Waals surface area contributed by atoms with Crippen LogP contribution >= 0.6 is 11.8 Å². The van der Waals surface area contributed by atoms with E-state index in [2.05, 4.69) is 26.7 Å². The molecular formula is C19H25N5OS. The number of rotatable bonds is 8. The zero-order chi connectivity index (χ0) is 18.7. The van der Waals surface area contributed by atoms with Gasteiger partial charge in [0.15, 0.2) is 5.16 Å². The van der Waals surface area contributed by atoms with E-state index in [0.717, 1.165) is 22.4 Å². The molecule has 0 spiro atoms. The van der Waals surface area contributed by atoms with E-state index in [0.29, 0.717) is 12.5 Å². The number of carbonyl (C=O) groups excluding carboxylic acids is 1. The summed E-state index contributed by atoms with van der Waals surface area (Å²) in [5.41, 5.74) is 1.88. The third-order valence-electron chi connectivity index (χ3n) is 4.30. The highest BCUT2D eigenvalue weighted by Crippen LogP contribution is 2.40. The van der Waals surface area contributed by atoms with Crippen LogP contribution in [0.3, 0.4) is 0 Å². The van der Waals surface area contributed by atoms with Crippen LogP contribution in [0.1, 0.15) is 31.5 Å². The van der Waals surface area contributed by atoms with Crippen molar-refractivity contribution in [2.75, 3.05) is 24.3 Å². The maximum Gasteiger partial charge on any atom is 0.237 e. The summed E-state index contributed by atoms with van der Waals surface area (Å²) in [5, 5.41) is 12.1. The Morgan fingerprint density at radius 3 is 2.65 bits per heavy atom. The highest BCUT2D eigenvalue weighted by molar-refractivity contribution is 8.00. The van der Waals surface area contributed by atoms with Crippen LogP contribution in [0, 0.1) is 0 Å². The van der Waals surface area contributed by atoms with Crippen molar-refractivity contribution < 1.29 is 4.79 Å². The Morgan fingerprint density at radius 1 is 1.38 bits per heavy atom. The van der Waals surface area contributed by atoms with Crippen LogP contribution in [0.2, 0.25) is 0 Å². The van der Waals surface area contributed by atoms with Crippen LogP contribution in [0.25, 0.3) is 0 Å². The summed E-state index contributed by atoms with van der Waals surface area (Å²) in [6.45, 7) is 6.37. The Bertz CT molecular complexity index is 780. The molecule has 1 amide bonds. The standard InChI is InChI=1S/C19H25N5OS/c1-5-12-24-17(14-6-7-14)21-22-19(24)26-13(2)18(25)20-15-8-10-16(11-9-15)23(3)4/h5,8-11,13-14H,1,6-7,12H2,2-4H3,(H,20,25). The van der Waals surface area contributed by atoms with E-state index in [1.165, 1.54) is 24.6 Å². The lowest BCUT2D eigenvalue weighted by Crippen LogP contribution is -2.23. The van der Waals surface area contributed by atoms with E-state index in [4.69, 9.17) is 0 Å². The molecule has 1 heterocycles. The molecule has 1 aliphatic rings. The van der Waals surface area contributed by atoms with Crippen molar-refractivity contribution in [3.63, 3.8) is 0 Å². The summed E-state index contributed by atoms with van der Waals surface area (Å²) < 4.78 is 2.07. The van der Waals surface area contributed by atoms with Crippen LogP contribution in [0.4, 0.5) is 11.4 Å². The third-order valence-corrected chi connectivity index (χ3v) is 5.38. The van der Waals surface area contributed by atoms with Gasteiger partial charge in [0, 0.05) is 37.9 Å². The lowest BCUT2D eigenvalue weighted by molar-refractivity contribution is -0.115. The minimum atomic E-state index is -0.275. The molecule has 1 fully saturated rings. The Kier molecular flexibility index (Phi) is 5.66. The number of carbonyl (C=O) groups is 1. The molecular weight excluding hydrogens is 346 g/mol. The number of nitrogens with one attached hydrogen (secondary N) is 1. The van der Waals surface area contributed by atoms with Crippen LogP contribution in [-0.2, 0) is 11.3 Å². The second-order valence-electron chi connectivity index (χ2n) is 6.70. The van der Waals surface area contributed by atoms with E-state index in [1.54, 1.807) is 0 Å². The molecule has 26 heavy (non-hydrogen) atoms. The van der Waals surface area contributed by atoms with E-state index in [1.807, 2.05) is 56.3 Å². The smallest absolute Gasteiger partial charge is 0.237 e. The number of anilines is 2. The van der Waals surface area contributed by atoms with Crippen molar-refractivity contribution in [1.82, 2.24) is 14.8 Å². The molecule has 1 aromatic carbocycles. The first-order valence-electron chi connectivity index (χ1n) is 8.78. The van der Waals surface area contributed by atoms with Gasteiger partial charge in [0.1, 0.15) is 5.82 Å². The fourth-order valence-corrected chi connectivity index (χ4v) is 3.50. The first-order valence-corrected chi connectivity index (χ1v) is 9.66. The predicted octanol–water partition coefficient (Wildman–Crippen LogP) is 3.53. The summed E-state index contributed by atoms with van der Waals surface area (Å²) in [6.07, 6.45) is 4.17. The largest absolute Gasteiger partial charge is 0.378 e. The predicted molar refractivity (Wildman–Crippen MR) is 107 cm³/mol. The summed E-state index contributed by atoms with van der Waals surface area (Å²) in [5.74, 6) is 1.48. The summed E-state index contributed by atoms with van der Waals surface area (Å²) in [4.78, 5) is 14.6. The Labute approximate surface area is 158 Å². The first-order chi connectivity index (χ1) is 12.5. The molecule has 3 rings (SSSR count). The van der Waals surface area contributed by atoms with Crippen molar-refractivity contribution in [2.45, 2.75) is 42.6 Å². The molecule has 7 heteroatoms. The van der Waals surface area contributed by atoms with Gasteiger partial charge >= 0.3 is 0 Å². The maximum absolute atomic E-state index is 12.5. The zero-order valence-electron chi connectivity index (χ0n) is 15.5. The van der Waals surface area contributed by atoms with Gasteiger partial charge in [0.25, 0.3) is 0 Å². The van der Waals surface area contributed by atoms with E-state index in [9.17, 15) is 4.79 Å². The molecule has 2 aromatic rings. The van der Waals surface area contributed by atoms with Gasteiger partial charge in [-0.25, -0.2) is 0 Å². The Balaban J connectivity index is 1.64. The molecule has 1 aromatic heterocycles. The minimum Gasteiger partial charge on any atom is -0.378 e. The number of hydrogen-bond donors (Lipinski definition) is 1. The van der Waals surface area contributed by atoms with Gasteiger partial charge in [0.05, 0.1) is 5.25 Å². The molecule has 0 bridgehead atoms. The van der Waals surface area contributed by atoms with Crippen LogP contribution < -0.4 is 10.2 Å². The summed E-state index contributed by atoms with van der Waals surface area (Å²) in [6, 6.07) is 7.79. The normalized spacial score (nSPS) is 14.7. The molecule has 0 saturated heterocycles. The van der Waals surface area contributed by atoms with Crippen LogP contribution in [0.15, 0.2) is 42.1 Å². The van der Waals surface area contributed by atoms with Gasteiger partial charge in [-0.1, -0.05) is 17.8 Å². The van der Waals surface area contributed by atoms with Gasteiger partial charge < -0.3 is 14.8 Å². The number of benzene rings is 1. The average molecular weight is 372 g/mol. The van der Waals surface area contributed by atoms with Crippen LogP contribution in [-0.4, -0.2) is 40.0 Å². The van der Waals surface area contributed by atoms with Gasteiger partial charge in [-0.2, -0.15) is 0 Å². The summed E-state index contributed by atoms with van der Waals surface area (Å²) in [7, 11) is 3.98. The second kappa shape index (κ2) is 7.95. The van der Waals surface area contributed by atoms with Gasteiger partial charge in [-0.15, -0.1) is 16.8 Å². The van der Waals surface area contributed by atoms with Crippen molar-refractivity contribution in [2.24, 2.45) is 0 Å². The molecule has 138 valence electrons. The topological polar surface area (TPSA) is 63.1 Å². The van der Waals surface area contributed by atoms with E-state index >= 15 is 0 Å². The number of thioether (sulfide) groups is 1.